The van der Waals surface area contributed by atoms with Crippen molar-refractivity contribution in [2.45, 2.75) is 19.8 Å². The largest absolute Gasteiger partial charge is 0.468 e. The number of fused-ring (bicyclic) bond motifs is 1. The Hall–Kier alpha value is -2.54. The highest BCUT2D eigenvalue weighted by atomic mass is 32.1. The van der Waals surface area contributed by atoms with Crippen molar-refractivity contribution in [3.05, 3.63) is 45.9 Å². The first kappa shape index (κ1) is 14.4. The molecule has 0 aliphatic carbocycles. The van der Waals surface area contributed by atoms with Gasteiger partial charge >= 0.3 is 0 Å². The van der Waals surface area contributed by atoms with Gasteiger partial charge in [-0.2, -0.15) is 0 Å². The fraction of sp³-hybridized carbons (Fsp3) is 0.200. The van der Waals surface area contributed by atoms with Gasteiger partial charge in [0.25, 0.3) is 5.91 Å². The quantitative estimate of drug-likeness (QED) is 0.805. The van der Waals surface area contributed by atoms with Crippen molar-refractivity contribution >= 4 is 33.7 Å². The van der Waals surface area contributed by atoms with Crippen molar-refractivity contribution in [2.24, 2.45) is 5.73 Å². The Morgan fingerprint density at radius 3 is 2.68 bits per heavy atom. The fourth-order valence-electron chi connectivity index (χ4n) is 2.82. The minimum atomic E-state index is -0.584. The van der Waals surface area contributed by atoms with E-state index in [2.05, 4.69) is 5.32 Å². The molecule has 0 bridgehead atoms. The van der Waals surface area contributed by atoms with E-state index in [4.69, 9.17) is 15.9 Å². The molecule has 0 radical (unpaired) electrons. The molecule has 1 atom stereocenters. The van der Waals surface area contributed by atoms with Gasteiger partial charge in [-0.15, -0.1) is 11.3 Å². The molecular weight excluding hydrogens is 302 g/mol. The number of allylic oxidation sites excluding steroid dienone is 2. The summed E-state index contributed by atoms with van der Waals surface area (Å²) in [7, 11) is 0. The number of primary amides is 1. The number of nitrogen functional groups attached to an aromatic ring is 1. The van der Waals surface area contributed by atoms with E-state index >= 15 is 0 Å². The Kier molecular flexibility index (Phi) is 3.29. The molecule has 1 amide bonds. The number of anilines is 2. The number of ketones is 1. The Labute approximate surface area is 130 Å². The summed E-state index contributed by atoms with van der Waals surface area (Å²) in [5.74, 6) is -0.497. The lowest BCUT2D eigenvalue weighted by Crippen LogP contribution is -2.21. The summed E-state index contributed by atoms with van der Waals surface area (Å²) in [6, 6.07) is 3.54. The Bertz CT molecular complexity index is 802. The van der Waals surface area contributed by atoms with Crippen molar-refractivity contribution in [3.8, 4) is 0 Å². The summed E-state index contributed by atoms with van der Waals surface area (Å²) in [6.07, 6.45) is 1.54. The molecule has 3 heterocycles. The van der Waals surface area contributed by atoms with Crippen LogP contribution >= 0.6 is 11.3 Å². The van der Waals surface area contributed by atoms with E-state index < -0.39 is 11.8 Å². The zero-order valence-corrected chi connectivity index (χ0v) is 12.9. The van der Waals surface area contributed by atoms with Crippen molar-refractivity contribution in [3.63, 3.8) is 0 Å². The SMILES string of the molecule is CC(=O)C1=C(C)Nc2sc(C(N)=O)c(N)c2[C@@H]1c1ccco1. The molecule has 2 aromatic rings. The topological polar surface area (TPSA) is 111 Å². The number of carbonyl (C=O) groups is 2. The van der Waals surface area contributed by atoms with Crippen molar-refractivity contribution in [1.29, 1.82) is 0 Å². The van der Waals surface area contributed by atoms with Crippen LogP contribution in [0, 0.1) is 0 Å². The summed E-state index contributed by atoms with van der Waals surface area (Å²) in [4.78, 5) is 23.9. The molecule has 0 saturated heterocycles. The second-order valence-electron chi connectivity index (χ2n) is 5.12. The molecule has 1 aliphatic rings. The van der Waals surface area contributed by atoms with Crippen molar-refractivity contribution < 1.29 is 14.0 Å². The fourth-order valence-corrected chi connectivity index (χ4v) is 3.89. The zero-order chi connectivity index (χ0) is 16.0. The number of nitrogens with one attached hydrogen (secondary N) is 1. The third-order valence-electron chi connectivity index (χ3n) is 3.70. The lowest BCUT2D eigenvalue weighted by Gasteiger charge is -2.26. The smallest absolute Gasteiger partial charge is 0.260 e. The van der Waals surface area contributed by atoms with E-state index in [9.17, 15) is 9.59 Å². The number of hydrogen-bond acceptors (Lipinski definition) is 6. The molecule has 114 valence electrons. The summed E-state index contributed by atoms with van der Waals surface area (Å²) in [5, 5.41) is 3.86. The minimum absolute atomic E-state index is 0.0803. The normalized spacial score (nSPS) is 17.1. The zero-order valence-electron chi connectivity index (χ0n) is 12.1. The van der Waals surface area contributed by atoms with E-state index in [0.717, 1.165) is 10.7 Å². The van der Waals surface area contributed by atoms with Crippen LogP contribution in [0.4, 0.5) is 10.7 Å². The summed E-state index contributed by atoms with van der Waals surface area (Å²) >= 11 is 1.19. The van der Waals surface area contributed by atoms with Gasteiger partial charge in [0.1, 0.15) is 10.6 Å². The Morgan fingerprint density at radius 2 is 2.14 bits per heavy atom. The second-order valence-corrected chi connectivity index (χ2v) is 6.14. The molecule has 7 heteroatoms. The standard InChI is InChI=1S/C15H15N3O3S/c1-6-9(7(2)19)10(8-4-3-5-21-8)11-12(16)13(14(17)20)22-15(11)18-6/h3-5,10,18H,16H2,1-2H3,(H2,17,20)/t10-/m1/s1. The maximum atomic E-state index is 12.1. The molecule has 0 aromatic carbocycles. The van der Waals surface area contributed by atoms with Gasteiger partial charge < -0.3 is 21.2 Å². The van der Waals surface area contributed by atoms with Crippen LogP contribution in [0.5, 0.6) is 0 Å². The van der Waals surface area contributed by atoms with E-state index in [-0.39, 0.29) is 10.7 Å². The number of nitrogens with two attached hydrogens (primary N) is 2. The van der Waals surface area contributed by atoms with Gasteiger partial charge in [0.05, 0.1) is 22.9 Å². The number of hydrogen-bond donors (Lipinski definition) is 3. The summed E-state index contributed by atoms with van der Waals surface area (Å²) in [5.41, 5.74) is 13.8. The molecule has 6 nitrogen and oxygen atoms in total. The highest BCUT2D eigenvalue weighted by Gasteiger charge is 2.37. The lowest BCUT2D eigenvalue weighted by molar-refractivity contribution is -0.113. The highest BCUT2D eigenvalue weighted by Crippen LogP contribution is 2.49. The molecule has 0 saturated carbocycles. The molecule has 5 N–H and O–H groups in total. The predicted octanol–water partition coefficient (Wildman–Crippen LogP) is 2.44. The van der Waals surface area contributed by atoms with Gasteiger partial charge in [0.15, 0.2) is 5.78 Å². The van der Waals surface area contributed by atoms with E-state index in [1.54, 1.807) is 18.4 Å². The number of carbonyl (C=O) groups excluding carboxylic acids is 2. The van der Waals surface area contributed by atoms with Gasteiger partial charge in [-0.1, -0.05) is 0 Å². The maximum absolute atomic E-state index is 12.1. The minimum Gasteiger partial charge on any atom is -0.468 e. The number of thiophene rings is 1. The molecule has 0 spiro atoms. The second kappa shape index (κ2) is 5.03. The molecule has 2 aromatic heterocycles. The van der Waals surface area contributed by atoms with Gasteiger partial charge in [-0.05, 0) is 26.0 Å². The molecule has 22 heavy (non-hydrogen) atoms. The van der Waals surface area contributed by atoms with Crippen molar-refractivity contribution in [2.75, 3.05) is 11.1 Å². The van der Waals surface area contributed by atoms with Gasteiger partial charge in [0, 0.05) is 16.8 Å². The summed E-state index contributed by atoms with van der Waals surface area (Å²) in [6.45, 7) is 3.31. The van der Waals surface area contributed by atoms with Crippen LogP contribution < -0.4 is 16.8 Å². The number of amides is 1. The van der Waals surface area contributed by atoms with Crippen LogP contribution in [-0.2, 0) is 4.79 Å². The first-order valence-electron chi connectivity index (χ1n) is 6.66. The van der Waals surface area contributed by atoms with Crippen LogP contribution in [0.2, 0.25) is 0 Å². The lowest BCUT2D eigenvalue weighted by atomic mass is 9.83. The van der Waals surface area contributed by atoms with Gasteiger partial charge in [-0.3, -0.25) is 9.59 Å². The highest BCUT2D eigenvalue weighted by molar-refractivity contribution is 7.18. The Balaban J connectivity index is 2.28. The molecular formula is C15H15N3O3S. The molecule has 0 fully saturated rings. The third-order valence-corrected chi connectivity index (χ3v) is 4.85. The number of rotatable bonds is 3. The van der Waals surface area contributed by atoms with Gasteiger partial charge in [0.2, 0.25) is 0 Å². The molecule has 3 rings (SSSR count). The van der Waals surface area contributed by atoms with E-state index in [0.29, 0.717) is 22.6 Å². The monoisotopic (exact) mass is 317 g/mol. The Morgan fingerprint density at radius 1 is 1.41 bits per heavy atom. The molecule has 0 unspecified atom stereocenters. The van der Waals surface area contributed by atoms with Crippen LogP contribution in [0.3, 0.4) is 0 Å². The first-order chi connectivity index (χ1) is 10.4. The van der Waals surface area contributed by atoms with Crippen LogP contribution in [0.1, 0.15) is 40.8 Å². The van der Waals surface area contributed by atoms with E-state index in [1.165, 1.54) is 18.3 Å². The number of Topliss-reactive ketones (excluding diaryl/α,β-unsaturated/α-hetero) is 1. The molecule has 1 aliphatic heterocycles. The summed E-state index contributed by atoms with van der Waals surface area (Å²) < 4.78 is 5.50. The van der Waals surface area contributed by atoms with Gasteiger partial charge in [-0.25, -0.2) is 0 Å². The average Bonchev–Trinajstić information content (AvgIpc) is 3.05. The average molecular weight is 317 g/mol. The third kappa shape index (κ3) is 2.01. The van der Waals surface area contributed by atoms with Crippen molar-refractivity contribution in [1.82, 2.24) is 0 Å². The first-order valence-corrected chi connectivity index (χ1v) is 7.47. The van der Waals surface area contributed by atoms with Crippen LogP contribution in [0.15, 0.2) is 34.1 Å². The van der Waals surface area contributed by atoms with Crippen LogP contribution in [-0.4, -0.2) is 11.7 Å². The predicted molar refractivity (Wildman–Crippen MR) is 84.8 cm³/mol. The van der Waals surface area contributed by atoms with E-state index in [1.807, 2.05) is 6.92 Å². The maximum Gasteiger partial charge on any atom is 0.260 e. The van der Waals surface area contributed by atoms with Crippen LogP contribution in [0.25, 0.3) is 0 Å². The number of furan rings is 1.